The lowest BCUT2D eigenvalue weighted by molar-refractivity contribution is 0.174. The molecule has 58 valence electrons. The number of hydrogen-bond acceptors (Lipinski definition) is 2. The van der Waals surface area contributed by atoms with Crippen molar-refractivity contribution in [3.63, 3.8) is 0 Å². The molecule has 1 aromatic rings. The second-order valence-electron chi connectivity index (χ2n) is 3.16. The van der Waals surface area contributed by atoms with Crippen LogP contribution < -0.4 is 0 Å². The summed E-state index contributed by atoms with van der Waals surface area (Å²) in [4.78, 5) is 4.03. The molecule has 1 heterocycles. The van der Waals surface area contributed by atoms with E-state index in [1.54, 1.807) is 6.20 Å². The quantitative estimate of drug-likeness (QED) is 0.608. The first-order valence-electron chi connectivity index (χ1n) is 3.91. The van der Waals surface area contributed by atoms with Crippen LogP contribution in [0.3, 0.4) is 0 Å². The van der Waals surface area contributed by atoms with Gasteiger partial charge in [0.05, 0.1) is 6.10 Å². The van der Waals surface area contributed by atoms with Crippen molar-refractivity contribution >= 4 is 0 Å². The molecular weight excluding hydrogens is 138 g/mol. The minimum absolute atomic E-state index is 0.261. The number of hydrogen-bond donors (Lipinski definition) is 1. The number of aromatic nitrogens is 1. The predicted molar refractivity (Wildman–Crippen MR) is 42.2 cm³/mol. The van der Waals surface area contributed by atoms with E-state index in [1.807, 2.05) is 12.3 Å². The third-order valence-electron chi connectivity index (χ3n) is 2.35. The first-order chi connectivity index (χ1) is 5.29. The fraction of sp³-hybridized carbons (Fsp3) is 0.444. The fourth-order valence-corrected chi connectivity index (χ4v) is 1.72. The van der Waals surface area contributed by atoms with Crippen LogP contribution in [0, 0.1) is 0 Å². The summed E-state index contributed by atoms with van der Waals surface area (Å²) in [5.41, 5.74) is 2.27. The molecule has 0 aromatic carbocycles. The van der Waals surface area contributed by atoms with Gasteiger partial charge in [0.15, 0.2) is 0 Å². The highest BCUT2D eigenvalue weighted by Gasteiger charge is 2.25. The molecule has 0 aliphatic heterocycles. The second-order valence-corrected chi connectivity index (χ2v) is 3.16. The molecule has 0 amide bonds. The van der Waals surface area contributed by atoms with Gasteiger partial charge >= 0.3 is 0 Å². The van der Waals surface area contributed by atoms with Gasteiger partial charge in [0, 0.05) is 12.4 Å². The topological polar surface area (TPSA) is 33.1 Å². The molecule has 0 spiro atoms. The van der Waals surface area contributed by atoms with Gasteiger partial charge in [0.25, 0.3) is 0 Å². The van der Waals surface area contributed by atoms with E-state index in [-0.39, 0.29) is 6.10 Å². The highest BCUT2D eigenvalue weighted by molar-refractivity contribution is 5.33. The smallest absolute Gasteiger partial charge is 0.0799 e. The molecule has 1 aliphatic rings. The highest BCUT2D eigenvalue weighted by atomic mass is 16.3. The van der Waals surface area contributed by atoms with Gasteiger partial charge in [-0.1, -0.05) is 6.92 Å². The molecule has 2 unspecified atom stereocenters. The zero-order valence-electron chi connectivity index (χ0n) is 6.49. The summed E-state index contributed by atoms with van der Waals surface area (Å²) in [5.74, 6) is 0.466. The van der Waals surface area contributed by atoms with Crippen LogP contribution in [-0.2, 0) is 0 Å². The van der Waals surface area contributed by atoms with Crippen LogP contribution in [0.15, 0.2) is 18.5 Å². The van der Waals surface area contributed by atoms with Crippen LogP contribution in [-0.4, -0.2) is 10.1 Å². The van der Waals surface area contributed by atoms with Crippen molar-refractivity contribution in [3.05, 3.63) is 29.6 Å². The molecular formula is C9H11NO. The van der Waals surface area contributed by atoms with Gasteiger partial charge in [0.2, 0.25) is 0 Å². The maximum absolute atomic E-state index is 9.52. The molecule has 1 N–H and O–H groups in total. The van der Waals surface area contributed by atoms with Crippen molar-refractivity contribution in [2.75, 3.05) is 0 Å². The van der Waals surface area contributed by atoms with Crippen molar-refractivity contribution in [1.29, 1.82) is 0 Å². The lowest BCUT2D eigenvalue weighted by atomic mass is 10.1. The number of pyridine rings is 1. The van der Waals surface area contributed by atoms with Gasteiger partial charge in [-0.3, -0.25) is 4.98 Å². The van der Waals surface area contributed by atoms with Crippen LogP contribution in [0.25, 0.3) is 0 Å². The first kappa shape index (κ1) is 6.80. The van der Waals surface area contributed by atoms with E-state index in [4.69, 9.17) is 0 Å². The largest absolute Gasteiger partial charge is 0.388 e. The van der Waals surface area contributed by atoms with E-state index >= 15 is 0 Å². The Bertz CT molecular complexity index is 245. The van der Waals surface area contributed by atoms with Crippen molar-refractivity contribution in [2.45, 2.75) is 25.4 Å². The fourth-order valence-electron chi connectivity index (χ4n) is 1.72. The summed E-state index contributed by atoms with van der Waals surface area (Å²) < 4.78 is 0. The maximum Gasteiger partial charge on any atom is 0.0799 e. The Kier molecular flexibility index (Phi) is 1.43. The summed E-state index contributed by atoms with van der Waals surface area (Å²) in [7, 11) is 0. The van der Waals surface area contributed by atoms with Crippen LogP contribution in [0.5, 0.6) is 0 Å². The van der Waals surface area contributed by atoms with Gasteiger partial charge < -0.3 is 5.11 Å². The summed E-state index contributed by atoms with van der Waals surface area (Å²) in [5, 5.41) is 9.52. The minimum atomic E-state index is -0.261. The van der Waals surface area contributed by atoms with Crippen LogP contribution in [0.2, 0.25) is 0 Å². The molecule has 2 heteroatoms. The molecule has 2 nitrogen and oxygen atoms in total. The van der Waals surface area contributed by atoms with Gasteiger partial charge in [-0.05, 0) is 29.5 Å². The number of fused-ring (bicyclic) bond motifs is 1. The first-order valence-corrected chi connectivity index (χ1v) is 3.91. The van der Waals surface area contributed by atoms with Crippen molar-refractivity contribution in [2.24, 2.45) is 0 Å². The summed E-state index contributed by atoms with van der Waals surface area (Å²) in [6.07, 6.45) is 4.18. The molecule has 0 radical (unpaired) electrons. The number of aliphatic hydroxyl groups excluding tert-OH is 1. The van der Waals surface area contributed by atoms with E-state index in [0.29, 0.717) is 5.92 Å². The Morgan fingerprint density at radius 1 is 1.55 bits per heavy atom. The normalized spacial score (nSPS) is 28.5. The van der Waals surface area contributed by atoms with Gasteiger partial charge in [0.1, 0.15) is 0 Å². The zero-order valence-corrected chi connectivity index (χ0v) is 6.49. The number of aliphatic hydroxyl groups is 1. The van der Waals surface area contributed by atoms with Gasteiger partial charge in [-0.25, -0.2) is 0 Å². The molecule has 11 heavy (non-hydrogen) atoms. The van der Waals surface area contributed by atoms with E-state index in [1.165, 1.54) is 5.56 Å². The van der Waals surface area contributed by atoms with E-state index in [9.17, 15) is 5.11 Å². The average molecular weight is 149 g/mol. The lowest BCUT2D eigenvalue weighted by Crippen LogP contribution is -1.89. The second kappa shape index (κ2) is 2.31. The lowest BCUT2D eigenvalue weighted by Gasteiger charge is -2.00. The number of rotatable bonds is 0. The number of nitrogens with zero attached hydrogens (tertiary/aromatic N) is 1. The SMILES string of the molecule is CC1CC(O)c2ccncc21. The van der Waals surface area contributed by atoms with E-state index in [0.717, 1.165) is 12.0 Å². The molecule has 0 saturated heterocycles. The minimum Gasteiger partial charge on any atom is -0.388 e. The summed E-state index contributed by atoms with van der Waals surface area (Å²) in [6.45, 7) is 2.12. The zero-order chi connectivity index (χ0) is 7.84. The van der Waals surface area contributed by atoms with E-state index < -0.39 is 0 Å². The Hall–Kier alpha value is -0.890. The molecule has 1 aromatic heterocycles. The van der Waals surface area contributed by atoms with Crippen molar-refractivity contribution < 1.29 is 5.11 Å². The van der Waals surface area contributed by atoms with Crippen molar-refractivity contribution in [1.82, 2.24) is 4.98 Å². The predicted octanol–water partition coefficient (Wildman–Crippen LogP) is 1.62. The Morgan fingerprint density at radius 3 is 3.09 bits per heavy atom. The molecule has 2 rings (SSSR count). The monoisotopic (exact) mass is 149 g/mol. The van der Waals surface area contributed by atoms with E-state index in [2.05, 4.69) is 11.9 Å². The molecule has 0 saturated carbocycles. The Labute approximate surface area is 65.9 Å². The standard InChI is InChI=1S/C9H11NO/c1-6-4-9(11)7-2-3-10-5-8(6)7/h2-3,5-6,9,11H,4H2,1H3. The third kappa shape index (κ3) is 0.942. The molecule has 0 bridgehead atoms. The molecule has 2 atom stereocenters. The Morgan fingerprint density at radius 2 is 2.36 bits per heavy atom. The maximum atomic E-state index is 9.52. The molecule has 1 aliphatic carbocycles. The third-order valence-corrected chi connectivity index (χ3v) is 2.35. The highest BCUT2D eigenvalue weighted by Crippen LogP contribution is 2.38. The average Bonchev–Trinajstić information content (AvgIpc) is 2.30. The molecule has 0 fully saturated rings. The van der Waals surface area contributed by atoms with Crippen LogP contribution >= 0.6 is 0 Å². The Balaban J connectivity index is 2.52. The van der Waals surface area contributed by atoms with Crippen LogP contribution in [0.4, 0.5) is 0 Å². The van der Waals surface area contributed by atoms with Gasteiger partial charge in [-0.2, -0.15) is 0 Å². The van der Waals surface area contributed by atoms with Gasteiger partial charge in [-0.15, -0.1) is 0 Å². The summed E-state index contributed by atoms with van der Waals surface area (Å²) >= 11 is 0. The van der Waals surface area contributed by atoms with Crippen molar-refractivity contribution in [3.8, 4) is 0 Å². The van der Waals surface area contributed by atoms with Crippen LogP contribution in [0.1, 0.15) is 36.5 Å². The summed E-state index contributed by atoms with van der Waals surface area (Å²) in [6, 6.07) is 1.91.